The van der Waals surface area contributed by atoms with E-state index in [9.17, 15) is 0 Å². The zero-order valence-electron chi connectivity index (χ0n) is 10.4. The molecule has 2 aromatic rings. The standard InChI is InChI=1S/C12H16N4OS/c1-3-13-10-6-11(16-12(15-10)18-2)14-7-9-4-5-17-8-9/h4-6,8H,3,7H2,1-2H3,(H2,13,14,15,16). The van der Waals surface area contributed by atoms with E-state index in [-0.39, 0.29) is 0 Å². The Hall–Kier alpha value is -1.69. The summed E-state index contributed by atoms with van der Waals surface area (Å²) in [6.45, 7) is 3.57. The van der Waals surface area contributed by atoms with Gasteiger partial charge in [0.05, 0.1) is 12.5 Å². The van der Waals surface area contributed by atoms with Gasteiger partial charge in [0.2, 0.25) is 0 Å². The molecule has 0 unspecified atom stereocenters. The molecule has 0 saturated carbocycles. The Labute approximate surface area is 110 Å². The van der Waals surface area contributed by atoms with Crippen LogP contribution in [0.1, 0.15) is 12.5 Å². The third-order valence-corrected chi connectivity index (χ3v) is 2.85. The first-order chi connectivity index (χ1) is 8.81. The predicted molar refractivity (Wildman–Crippen MR) is 74.0 cm³/mol. The largest absolute Gasteiger partial charge is 0.472 e. The Balaban J connectivity index is 2.08. The molecule has 0 saturated heterocycles. The monoisotopic (exact) mass is 264 g/mol. The first kappa shape index (κ1) is 12.8. The van der Waals surface area contributed by atoms with Crippen LogP contribution in [0.25, 0.3) is 0 Å². The van der Waals surface area contributed by atoms with Crippen LogP contribution in [-0.2, 0) is 6.54 Å². The maximum Gasteiger partial charge on any atom is 0.191 e. The van der Waals surface area contributed by atoms with Crippen LogP contribution in [0.4, 0.5) is 11.6 Å². The number of nitrogens with one attached hydrogen (secondary N) is 2. The Morgan fingerprint density at radius 2 is 2.06 bits per heavy atom. The molecular weight excluding hydrogens is 248 g/mol. The van der Waals surface area contributed by atoms with Crippen molar-refractivity contribution in [3.05, 3.63) is 30.2 Å². The average molecular weight is 264 g/mol. The molecule has 0 aliphatic heterocycles. The molecule has 6 heteroatoms. The van der Waals surface area contributed by atoms with Gasteiger partial charge >= 0.3 is 0 Å². The number of furan rings is 1. The fourth-order valence-electron chi connectivity index (χ4n) is 1.46. The van der Waals surface area contributed by atoms with E-state index in [1.54, 1.807) is 12.5 Å². The van der Waals surface area contributed by atoms with Crippen molar-refractivity contribution in [2.45, 2.75) is 18.6 Å². The third kappa shape index (κ3) is 3.40. The molecule has 0 radical (unpaired) electrons. The molecule has 18 heavy (non-hydrogen) atoms. The van der Waals surface area contributed by atoms with Crippen molar-refractivity contribution in [2.75, 3.05) is 23.4 Å². The van der Waals surface area contributed by atoms with Crippen molar-refractivity contribution in [1.29, 1.82) is 0 Å². The molecule has 0 bridgehead atoms. The number of hydrogen-bond acceptors (Lipinski definition) is 6. The molecular formula is C12H16N4OS. The highest BCUT2D eigenvalue weighted by atomic mass is 32.2. The summed E-state index contributed by atoms with van der Waals surface area (Å²) in [6.07, 6.45) is 5.34. The molecule has 0 amide bonds. The maximum absolute atomic E-state index is 5.02. The minimum atomic E-state index is 0.687. The van der Waals surface area contributed by atoms with Gasteiger partial charge < -0.3 is 15.1 Å². The lowest BCUT2D eigenvalue weighted by molar-refractivity contribution is 0.564. The number of aromatic nitrogens is 2. The molecule has 2 rings (SSSR count). The second-order valence-corrected chi connectivity index (χ2v) is 4.41. The van der Waals surface area contributed by atoms with Crippen LogP contribution in [0.15, 0.2) is 34.2 Å². The lowest BCUT2D eigenvalue weighted by atomic mass is 10.3. The number of hydrogen-bond donors (Lipinski definition) is 2. The summed E-state index contributed by atoms with van der Waals surface area (Å²) in [4.78, 5) is 8.77. The van der Waals surface area contributed by atoms with Crippen LogP contribution in [0.2, 0.25) is 0 Å². The molecule has 0 aliphatic carbocycles. The molecule has 0 aliphatic rings. The Morgan fingerprint density at radius 3 is 2.67 bits per heavy atom. The lowest BCUT2D eigenvalue weighted by Gasteiger charge is -2.08. The molecule has 0 fully saturated rings. The maximum atomic E-state index is 5.02. The van der Waals surface area contributed by atoms with Gasteiger partial charge in [0, 0.05) is 24.7 Å². The number of rotatable bonds is 6. The van der Waals surface area contributed by atoms with E-state index in [1.165, 1.54) is 11.8 Å². The van der Waals surface area contributed by atoms with E-state index in [0.717, 1.165) is 28.9 Å². The van der Waals surface area contributed by atoms with Crippen LogP contribution in [0, 0.1) is 0 Å². The minimum Gasteiger partial charge on any atom is -0.472 e. The lowest BCUT2D eigenvalue weighted by Crippen LogP contribution is -2.05. The van der Waals surface area contributed by atoms with E-state index in [0.29, 0.717) is 6.54 Å². The van der Waals surface area contributed by atoms with Gasteiger partial charge in [-0.25, -0.2) is 9.97 Å². The van der Waals surface area contributed by atoms with Gasteiger partial charge in [-0.3, -0.25) is 0 Å². The average Bonchev–Trinajstić information content (AvgIpc) is 2.89. The SMILES string of the molecule is CCNc1cc(NCc2ccoc2)nc(SC)n1. The van der Waals surface area contributed by atoms with E-state index >= 15 is 0 Å². The summed E-state index contributed by atoms with van der Waals surface area (Å²) in [5, 5.41) is 7.20. The van der Waals surface area contributed by atoms with Gasteiger partial charge in [-0.05, 0) is 19.2 Å². The molecule has 2 N–H and O–H groups in total. The zero-order valence-corrected chi connectivity index (χ0v) is 11.3. The highest BCUT2D eigenvalue weighted by Crippen LogP contribution is 2.17. The molecule has 0 spiro atoms. The van der Waals surface area contributed by atoms with Gasteiger partial charge in [0.25, 0.3) is 0 Å². The molecule has 5 nitrogen and oxygen atoms in total. The van der Waals surface area contributed by atoms with Crippen molar-refractivity contribution < 1.29 is 4.42 Å². The number of nitrogens with zero attached hydrogens (tertiary/aromatic N) is 2. The van der Waals surface area contributed by atoms with Crippen LogP contribution in [-0.4, -0.2) is 22.8 Å². The van der Waals surface area contributed by atoms with E-state index in [4.69, 9.17) is 4.42 Å². The smallest absolute Gasteiger partial charge is 0.191 e. The van der Waals surface area contributed by atoms with Crippen molar-refractivity contribution in [3.63, 3.8) is 0 Å². The molecule has 2 aromatic heterocycles. The summed E-state index contributed by atoms with van der Waals surface area (Å²) in [5.74, 6) is 1.65. The fraction of sp³-hybridized carbons (Fsp3) is 0.333. The van der Waals surface area contributed by atoms with Crippen molar-refractivity contribution in [1.82, 2.24) is 9.97 Å². The van der Waals surface area contributed by atoms with Crippen LogP contribution < -0.4 is 10.6 Å². The topological polar surface area (TPSA) is 63.0 Å². The highest BCUT2D eigenvalue weighted by Gasteiger charge is 2.03. The third-order valence-electron chi connectivity index (χ3n) is 2.30. The zero-order chi connectivity index (χ0) is 12.8. The number of anilines is 2. The minimum absolute atomic E-state index is 0.687. The van der Waals surface area contributed by atoms with Gasteiger partial charge in [-0.1, -0.05) is 11.8 Å². The Kier molecular flexibility index (Phi) is 4.46. The first-order valence-corrected chi connectivity index (χ1v) is 6.96. The molecule has 96 valence electrons. The van der Waals surface area contributed by atoms with Gasteiger partial charge in [0.15, 0.2) is 5.16 Å². The van der Waals surface area contributed by atoms with Crippen LogP contribution in [0.5, 0.6) is 0 Å². The van der Waals surface area contributed by atoms with Gasteiger partial charge in [-0.2, -0.15) is 0 Å². The van der Waals surface area contributed by atoms with Crippen LogP contribution in [0.3, 0.4) is 0 Å². The Bertz CT molecular complexity index is 487. The van der Waals surface area contributed by atoms with Crippen molar-refractivity contribution >= 4 is 23.4 Å². The van der Waals surface area contributed by atoms with E-state index in [2.05, 4.69) is 20.6 Å². The van der Waals surface area contributed by atoms with Gasteiger partial charge in [0.1, 0.15) is 11.6 Å². The molecule has 0 aromatic carbocycles. The van der Waals surface area contributed by atoms with E-state index in [1.807, 2.05) is 25.3 Å². The Morgan fingerprint density at radius 1 is 1.28 bits per heavy atom. The van der Waals surface area contributed by atoms with Crippen LogP contribution >= 0.6 is 11.8 Å². The normalized spacial score (nSPS) is 10.3. The molecule has 0 atom stereocenters. The second kappa shape index (κ2) is 6.30. The second-order valence-electron chi connectivity index (χ2n) is 3.64. The van der Waals surface area contributed by atoms with Crippen molar-refractivity contribution in [2.24, 2.45) is 0 Å². The molecule has 2 heterocycles. The number of thioether (sulfide) groups is 1. The predicted octanol–water partition coefficient (Wildman–Crippen LogP) is 2.84. The highest BCUT2D eigenvalue weighted by molar-refractivity contribution is 7.98. The summed E-state index contributed by atoms with van der Waals surface area (Å²) in [6, 6.07) is 3.83. The van der Waals surface area contributed by atoms with E-state index < -0.39 is 0 Å². The van der Waals surface area contributed by atoms with Crippen molar-refractivity contribution in [3.8, 4) is 0 Å². The quantitative estimate of drug-likeness (QED) is 0.618. The summed E-state index contributed by atoms with van der Waals surface area (Å²) >= 11 is 1.53. The van der Waals surface area contributed by atoms with Gasteiger partial charge in [-0.15, -0.1) is 0 Å². The summed E-state index contributed by atoms with van der Waals surface area (Å²) < 4.78 is 5.02. The fourth-order valence-corrected chi connectivity index (χ4v) is 1.84. The first-order valence-electron chi connectivity index (χ1n) is 5.73. The summed E-state index contributed by atoms with van der Waals surface area (Å²) in [7, 11) is 0. The summed E-state index contributed by atoms with van der Waals surface area (Å²) in [5.41, 5.74) is 1.09.